The molecule has 0 unspecified atom stereocenters. The van der Waals surface area contributed by atoms with Gasteiger partial charge in [0, 0.05) is 12.0 Å². The molecule has 1 amide bonds. The average Bonchev–Trinajstić information content (AvgIpc) is 2.89. The maximum atomic E-state index is 12.4. The molecule has 5 heteroatoms. The maximum Gasteiger partial charge on any atom is 0.223 e. The molecule has 1 aromatic carbocycles. The van der Waals surface area contributed by atoms with E-state index < -0.39 is 0 Å². The van der Waals surface area contributed by atoms with Gasteiger partial charge in [0.1, 0.15) is 5.75 Å². The highest BCUT2D eigenvalue weighted by atomic mass is 16.5. The van der Waals surface area contributed by atoms with Crippen LogP contribution in [0.15, 0.2) is 34.9 Å². The van der Waals surface area contributed by atoms with Gasteiger partial charge in [-0.25, -0.2) is 0 Å². The first-order chi connectivity index (χ1) is 11.3. The lowest BCUT2D eigenvalue weighted by molar-refractivity contribution is -0.125. The molecule has 1 aliphatic heterocycles. The van der Waals surface area contributed by atoms with Gasteiger partial charge in [-0.3, -0.25) is 4.79 Å². The van der Waals surface area contributed by atoms with Crippen LogP contribution >= 0.6 is 0 Å². The van der Waals surface area contributed by atoms with E-state index >= 15 is 0 Å². The zero-order valence-electron chi connectivity index (χ0n) is 13.4. The van der Waals surface area contributed by atoms with Crippen molar-refractivity contribution in [1.29, 1.82) is 0 Å². The summed E-state index contributed by atoms with van der Waals surface area (Å²) in [5.41, 5.74) is 2.03. The molecule has 0 aliphatic carbocycles. The summed E-state index contributed by atoms with van der Waals surface area (Å²) >= 11 is 0. The first-order valence-corrected chi connectivity index (χ1v) is 8.19. The Hall–Kier alpha value is -2.30. The number of fused-ring (bicyclic) bond motifs is 1. The molecule has 2 heterocycles. The number of carbonyl (C=O) groups excluding carboxylic acids is 1. The van der Waals surface area contributed by atoms with Gasteiger partial charge < -0.3 is 14.6 Å². The van der Waals surface area contributed by atoms with E-state index in [0.29, 0.717) is 25.3 Å². The fourth-order valence-electron chi connectivity index (χ4n) is 2.85. The predicted molar refractivity (Wildman–Crippen MR) is 86.1 cm³/mol. The number of carbonyl (C=O) groups is 1. The van der Waals surface area contributed by atoms with Crippen LogP contribution in [0.1, 0.15) is 36.8 Å². The molecule has 1 N–H and O–H groups in total. The van der Waals surface area contributed by atoms with Crippen molar-refractivity contribution >= 4 is 5.91 Å². The zero-order valence-corrected chi connectivity index (χ0v) is 13.4. The highest BCUT2D eigenvalue weighted by molar-refractivity contribution is 5.79. The van der Waals surface area contributed by atoms with E-state index in [1.54, 1.807) is 0 Å². The summed E-state index contributed by atoms with van der Waals surface area (Å²) in [4.78, 5) is 12.4. The number of aromatic nitrogens is 1. The summed E-state index contributed by atoms with van der Waals surface area (Å²) in [7, 11) is 0. The Bertz CT molecular complexity index is 666. The lowest BCUT2D eigenvalue weighted by Crippen LogP contribution is -2.31. The summed E-state index contributed by atoms with van der Waals surface area (Å²) in [6.07, 6.45) is 3.35. The van der Waals surface area contributed by atoms with Gasteiger partial charge in [0.15, 0.2) is 5.76 Å². The zero-order chi connectivity index (χ0) is 16.1. The Labute approximate surface area is 136 Å². The van der Waals surface area contributed by atoms with Crippen LogP contribution in [-0.2, 0) is 24.2 Å². The lowest BCUT2D eigenvalue weighted by atomic mass is 9.96. The molecule has 122 valence electrons. The third kappa shape index (κ3) is 3.92. The lowest BCUT2D eigenvalue weighted by Gasteiger charge is -2.13. The minimum Gasteiger partial charge on any atom is -0.493 e. The van der Waals surface area contributed by atoms with Gasteiger partial charge in [0.05, 0.1) is 18.8 Å². The molecule has 3 rings (SSSR count). The number of para-hydroxylation sites is 1. The molecular weight excluding hydrogens is 292 g/mol. The van der Waals surface area contributed by atoms with Crippen molar-refractivity contribution in [1.82, 2.24) is 10.5 Å². The third-order valence-corrected chi connectivity index (χ3v) is 4.08. The van der Waals surface area contributed by atoms with Crippen LogP contribution in [0.2, 0.25) is 0 Å². The van der Waals surface area contributed by atoms with Crippen molar-refractivity contribution in [2.45, 2.75) is 39.2 Å². The third-order valence-electron chi connectivity index (χ3n) is 4.08. The molecular formula is C18H22N2O3. The van der Waals surface area contributed by atoms with Crippen LogP contribution in [0.3, 0.4) is 0 Å². The number of aryl methyl sites for hydroxylation is 1. The van der Waals surface area contributed by atoms with E-state index in [2.05, 4.69) is 17.4 Å². The number of hydrogen-bond donors (Lipinski definition) is 1. The van der Waals surface area contributed by atoms with Crippen molar-refractivity contribution in [3.05, 3.63) is 47.3 Å². The Morgan fingerprint density at radius 1 is 1.39 bits per heavy atom. The van der Waals surface area contributed by atoms with Crippen LogP contribution in [0, 0.1) is 5.92 Å². The van der Waals surface area contributed by atoms with Gasteiger partial charge in [-0.2, -0.15) is 0 Å². The SMILES string of the molecule is CCCc1cc(CNC(=O)[C@@H]2CCOc3ccccc3C2)on1. The Morgan fingerprint density at radius 3 is 3.13 bits per heavy atom. The standard InChI is InChI=1S/C18H22N2O3/c1-2-5-15-11-16(23-20-15)12-19-18(21)14-8-9-22-17-7-4-3-6-13(17)10-14/h3-4,6-7,11,14H,2,5,8-10,12H2,1H3,(H,19,21)/t14-/m1/s1. The van der Waals surface area contributed by atoms with E-state index in [1.165, 1.54) is 0 Å². The minimum absolute atomic E-state index is 0.0405. The largest absolute Gasteiger partial charge is 0.493 e. The molecule has 0 fully saturated rings. The van der Waals surface area contributed by atoms with E-state index in [0.717, 1.165) is 36.3 Å². The van der Waals surface area contributed by atoms with Crippen molar-refractivity contribution in [2.75, 3.05) is 6.61 Å². The number of benzene rings is 1. The van der Waals surface area contributed by atoms with Gasteiger partial charge in [0.25, 0.3) is 0 Å². The second kappa shape index (κ2) is 7.31. The number of hydrogen-bond acceptors (Lipinski definition) is 4. The fourth-order valence-corrected chi connectivity index (χ4v) is 2.85. The fraction of sp³-hybridized carbons (Fsp3) is 0.444. The van der Waals surface area contributed by atoms with Gasteiger partial charge in [-0.15, -0.1) is 0 Å². The molecule has 0 bridgehead atoms. The van der Waals surface area contributed by atoms with E-state index in [4.69, 9.17) is 9.26 Å². The van der Waals surface area contributed by atoms with Crippen molar-refractivity contribution in [3.8, 4) is 5.75 Å². The maximum absolute atomic E-state index is 12.4. The van der Waals surface area contributed by atoms with Crippen molar-refractivity contribution in [2.24, 2.45) is 5.92 Å². The molecule has 0 spiro atoms. The highest BCUT2D eigenvalue weighted by Gasteiger charge is 2.23. The molecule has 0 saturated heterocycles. The van der Waals surface area contributed by atoms with Crippen LogP contribution in [-0.4, -0.2) is 17.7 Å². The smallest absolute Gasteiger partial charge is 0.223 e. The summed E-state index contributed by atoms with van der Waals surface area (Å²) in [5.74, 6) is 1.56. The number of ether oxygens (including phenoxy) is 1. The Balaban J connectivity index is 1.57. The Morgan fingerprint density at radius 2 is 2.26 bits per heavy atom. The second-order valence-electron chi connectivity index (χ2n) is 5.90. The van der Waals surface area contributed by atoms with E-state index in [1.807, 2.05) is 30.3 Å². The molecule has 0 saturated carbocycles. The summed E-state index contributed by atoms with van der Waals surface area (Å²) in [6, 6.07) is 9.83. The molecule has 1 aliphatic rings. The van der Waals surface area contributed by atoms with Crippen LogP contribution in [0.4, 0.5) is 0 Å². The normalized spacial score (nSPS) is 17.0. The van der Waals surface area contributed by atoms with E-state index in [-0.39, 0.29) is 11.8 Å². The molecule has 2 aromatic rings. The van der Waals surface area contributed by atoms with Crippen molar-refractivity contribution < 1.29 is 14.1 Å². The van der Waals surface area contributed by atoms with Gasteiger partial charge in [-0.1, -0.05) is 36.7 Å². The first kappa shape index (κ1) is 15.6. The van der Waals surface area contributed by atoms with Crippen molar-refractivity contribution in [3.63, 3.8) is 0 Å². The summed E-state index contributed by atoms with van der Waals surface area (Å²) in [5, 5.41) is 6.95. The van der Waals surface area contributed by atoms with E-state index in [9.17, 15) is 4.79 Å². The highest BCUT2D eigenvalue weighted by Crippen LogP contribution is 2.26. The van der Waals surface area contributed by atoms with Gasteiger partial charge in [0.2, 0.25) is 5.91 Å². The van der Waals surface area contributed by atoms with Gasteiger partial charge in [-0.05, 0) is 30.9 Å². The molecule has 23 heavy (non-hydrogen) atoms. The number of nitrogens with one attached hydrogen (secondary N) is 1. The Kier molecular flexibility index (Phi) is 4.95. The predicted octanol–water partition coefficient (Wildman–Crippen LogP) is 2.88. The monoisotopic (exact) mass is 314 g/mol. The molecule has 0 radical (unpaired) electrons. The summed E-state index contributed by atoms with van der Waals surface area (Å²) < 4.78 is 11.0. The molecule has 5 nitrogen and oxygen atoms in total. The number of rotatable bonds is 5. The average molecular weight is 314 g/mol. The molecule has 1 aromatic heterocycles. The summed E-state index contributed by atoms with van der Waals surface area (Å²) in [6.45, 7) is 3.05. The molecule has 1 atom stereocenters. The number of nitrogens with zero attached hydrogens (tertiary/aromatic N) is 1. The minimum atomic E-state index is -0.0725. The van der Waals surface area contributed by atoms with Crippen LogP contribution in [0.5, 0.6) is 5.75 Å². The first-order valence-electron chi connectivity index (χ1n) is 8.19. The van der Waals surface area contributed by atoms with Crippen LogP contribution < -0.4 is 10.1 Å². The topological polar surface area (TPSA) is 64.4 Å². The van der Waals surface area contributed by atoms with Gasteiger partial charge >= 0.3 is 0 Å². The number of amides is 1. The quantitative estimate of drug-likeness (QED) is 0.921. The van der Waals surface area contributed by atoms with Crippen LogP contribution in [0.25, 0.3) is 0 Å². The second-order valence-corrected chi connectivity index (χ2v) is 5.90.